The molecule has 1 aliphatic rings. The fraction of sp³-hybridized carbons (Fsp3) is 0.263. The summed E-state index contributed by atoms with van der Waals surface area (Å²) in [6.45, 7) is 2.73. The van der Waals surface area contributed by atoms with Crippen LogP contribution in [0.1, 0.15) is 21.7 Å². The molecule has 0 spiro atoms. The second kappa shape index (κ2) is 7.81. The molecule has 0 aliphatic carbocycles. The molecule has 2 aromatic heterocycles. The van der Waals surface area contributed by atoms with Crippen LogP contribution in [0.15, 0.2) is 42.6 Å². The average Bonchev–Trinajstić information content (AvgIpc) is 3.40. The van der Waals surface area contributed by atoms with Crippen molar-refractivity contribution in [3.8, 4) is 22.1 Å². The minimum absolute atomic E-state index is 0.293. The zero-order valence-corrected chi connectivity index (χ0v) is 15.4. The smallest absolute Gasteiger partial charge is 0.345 e. The maximum atomic E-state index is 11.0. The zero-order chi connectivity index (χ0) is 18.6. The number of carboxylic acids is 1. The van der Waals surface area contributed by atoms with Crippen LogP contribution in [0.25, 0.3) is 10.6 Å². The minimum atomic E-state index is -0.904. The first kappa shape index (κ1) is 17.6. The molecule has 0 bridgehead atoms. The van der Waals surface area contributed by atoms with Gasteiger partial charge in [0.25, 0.3) is 0 Å². The highest BCUT2D eigenvalue weighted by molar-refractivity contribution is 7.17. The third-order valence-corrected chi connectivity index (χ3v) is 5.31. The molecule has 1 aromatic carbocycles. The molecule has 140 valence electrons. The molecule has 0 radical (unpaired) electrons. The average molecular weight is 385 g/mol. The molecule has 1 aliphatic heterocycles. The monoisotopic (exact) mass is 385 g/mol. The van der Waals surface area contributed by atoms with Crippen LogP contribution >= 0.6 is 11.3 Å². The van der Waals surface area contributed by atoms with Gasteiger partial charge in [-0.25, -0.2) is 4.79 Å². The second-order valence-electron chi connectivity index (χ2n) is 6.15. The molecule has 4 rings (SSSR count). The quantitative estimate of drug-likeness (QED) is 0.579. The Kier molecular flexibility index (Phi) is 5.08. The lowest BCUT2D eigenvalue weighted by Gasteiger charge is -2.06. The largest absolute Gasteiger partial charge is 0.477 e. The van der Waals surface area contributed by atoms with Gasteiger partial charge in [0.15, 0.2) is 11.5 Å². The SMILES string of the molecule is O=C(O)c1ccc(-c2ccn(CCCNCc3ccc4c(c3)OCO4)n2)s1. The molecule has 0 amide bonds. The number of aromatic nitrogens is 2. The lowest BCUT2D eigenvalue weighted by atomic mass is 10.2. The fourth-order valence-corrected chi connectivity index (χ4v) is 3.67. The topological polar surface area (TPSA) is 85.6 Å². The summed E-state index contributed by atoms with van der Waals surface area (Å²) < 4.78 is 12.6. The number of benzene rings is 1. The lowest BCUT2D eigenvalue weighted by Crippen LogP contribution is -2.16. The lowest BCUT2D eigenvalue weighted by molar-refractivity contribution is 0.0702. The van der Waals surface area contributed by atoms with E-state index in [4.69, 9.17) is 14.6 Å². The van der Waals surface area contributed by atoms with Gasteiger partial charge in [-0.2, -0.15) is 5.10 Å². The van der Waals surface area contributed by atoms with Gasteiger partial charge < -0.3 is 19.9 Å². The van der Waals surface area contributed by atoms with Gasteiger partial charge in [0.1, 0.15) is 10.6 Å². The number of thiophene rings is 1. The van der Waals surface area contributed by atoms with Gasteiger partial charge in [0.2, 0.25) is 6.79 Å². The summed E-state index contributed by atoms with van der Waals surface area (Å²) >= 11 is 1.24. The number of aryl methyl sites for hydroxylation is 1. The molecule has 27 heavy (non-hydrogen) atoms. The third kappa shape index (κ3) is 4.12. The summed E-state index contributed by atoms with van der Waals surface area (Å²) in [4.78, 5) is 12.2. The Bertz CT molecular complexity index is 950. The first-order valence-electron chi connectivity index (χ1n) is 8.65. The van der Waals surface area contributed by atoms with Crippen LogP contribution in [0.5, 0.6) is 11.5 Å². The molecule has 0 saturated carbocycles. The van der Waals surface area contributed by atoms with E-state index in [1.807, 2.05) is 35.1 Å². The Morgan fingerprint density at radius 1 is 1.22 bits per heavy atom. The van der Waals surface area contributed by atoms with Gasteiger partial charge in [0, 0.05) is 19.3 Å². The Hall–Kier alpha value is -2.84. The Morgan fingerprint density at radius 2 is 2.11 bits per heavy atom. The van der Waals surface area contributed by atoms with Gasteiger partial charge in [0.05, 0.1) is 4.88 Å². The van der Waals surface area contributed by atoms with E-state index >= 15 is 0 Å². The van der Waals surface area contributed by atoms with Crippen molar-refractivity contribution in [3.63, 3.8) is 0 Å². The highest BCUT2D eigenvalue weighted by Crippen LogP contribution is 2.32. The number of nitrogens with one attached hydrogen (secondary N) is 1. The van der Waals surface area contributed by atoms with E-state index < -0.39 is 5.97 Å². The molecule has 3 heterocycles. The number of nitrogens with zero attached hydrogens (tertiary/aromatic N) is 2. The van der Waals surface area contributed by atoms with Crippen molar-refractivity contribution in [2.75, 3.05) is 13.3 Å². The van der Waals surface area contributed by atoms with Gasteiger partial charge >= 0.3 is 5.97 Å². The summed E-state index contributed by atoms with van der Waals surface area (Å²) in [7, 11) is 0. The van der Waals surface area contributed by atoms with Crippen LogP contribution in [0, 0.1) is 0 Å². The Balaban J connectivity index is 1.23. The van der Waals surface area contributed by atoms with Crippen molar-refractivity contribution in [2.24, 2.45) is 0 Å². The normalized spacial score (nSPS) is 12.4. The van der Waals surface area contributed by atoms with Gasteiger partial charge in [-0.15, -0.1) is 11.3 Å². The number of rotatable bonds is 8. The van der Waals surface area contributed by atoms with Gasteiger partial charge in [-0.05, 0) is 48.9 Å². The van der Waals surface area contributed by atoms with Crippen LogP contribution < -0.4 is 14.8 Å². The van der Waals surface area contributed by atoms with E-state index in [9.17, 15) is 4.79 Å². The van der Waals surface area contributed by atoms with E-state index in [0.29, 0.717) is 11.7 Å². The summed E-state index contributed by atoms with van der Waals surface area (Å²) in [5.74, 6) is 0.701. The summed E-state index contributed by atoms with van der Waals surface area (Å²) in [5.41, 5.74) is 1.97. The predicted octanol–water partition coefficient (Wildman–Crippen LogP) is 3.22. The maximum absolute atomic E-state index is 11.0. The van der Waals surface area contributed by atoms with E-state index in [0.717, 1.165) is 53.7 Å². The molecular formula is C19H19N3O4S. The fourth-order valence-electron chi connectivity index (χ4n) is 2.86. The highest BCUT2D eigenvalue weighted by Gasteiger charge is 2.13. The Morgan fingerprint density at radius 3 is 2.96 bits per heavy atom. The van der Waals surface area contributed by atoms with Crippen molar-refractivity contribution in [1.29, 1.82) is 0 Å². The van der Waals surface area contributed by atoms with E-state index in [2.05, 4.69) is 10.4 Å². The molecular weight excluding hydrogens is 366 g/mol. The first-order chi connectivity index (χ1) is 13.2. The molecule has 0 saturated heterocycles. The van der Waals surface area contributed by atoms with Crippen molar-refractivity contribution in [2.45, 2.75) is 19.5 Å². The summed E-state index contributed by atoms with van der Waals surface area (Å²) in [5, 5.41) is 17.0. The number of hydrogen-bond acceptors (Lipinski definition) is 6. The van der Waals surface area contributed by atoms with E-state index in [1.165, 1.54) is 11.3 Å². The molecule has 7 nitrogen and oxygen atoms in total. The van der Waals surface area contributed by atoms with E-state index in [1.54, 1.807) is 12.1 Å². The zero-order valence-electron chi connectivity index (χ0n) is 14.6. The first-order valence-corrected chi connectivity index (χ1v) is 9.47. The molecule has 0 atom stereocenters. The molecule has 2 N–H and O–H groups in total. The van der Waals surface area contributed by atoms with Crippen LogP contribution in [0.4, 0.5) is 0 Å². The second-order valence-corrected chi connectivity index (χ2v) is 7.23. The number of fused-ring (bicyclic) bond motifs is 1. The number of aromatic carboxylic acids is 1. The van der Waals surface area contributed by atoms with Crippen molar-refractivity contribution in [3.05, 3.63) is 53.0 Å². The van der Waals surface area contributed by atoms with Crippen LogP contribution in [0.2, 0.25) is 0 Å². The van der Waals surface area contributed by atoms with Gasteiger partial charge in [-0.1, -0.05) is 6.07 Å². The standard InChI is InChI=1S/C19H19N3O4S/c23-19(24)18-5-4-17(27-18)14-6-9-22(21-14)8-1-7-20-11-13-2-3-15-16(10-13)26-12-25-15/h2-6,9-10,20H,1,7-8,11-12H2,(H,23,24). The number of carboxylic acid groups (broad SMARTS) is 1. The molecule has 3 aromatic rings. The number of ether oxygens (including phenoxy) is 2. The minimum Gasteiger partial charge on any atom is -0.477 e. The third-order valence-electron chi connectivity index (χ3n) is 4.22. The van der Waals surface area contributed by atoms with E-state index in [-0.39, 0.29) is 0 Å². The maximum Gasteiger partial charge on any atom is 0.345 e. The molecule has 0 unspecified atom stereocenters. The summed E-state index contributed by atoms with van der Waals surface area (Å²) in [6.07, 6.45) is 2.86. The number of carbonyl (C=O) groups is 1. The van der Waals surface area contributed by atoms with Crippen molar-refractivity contribution < 1.29 is 19.4 Å². The van der Waals surface area contributed by atoms with Crippen LogP contribution in [-0.2, 0) is 13.1 Å². The molecule has 8 heteroatoms. The van der Waals surface area contributed by atoms with Crippen LogP contribution in [0.3, 0.4) is 0 Å². The number of hydrogen-bond donors (Lipinski definition) is 2. The van der Waals surface area contributed by atoms with Crippen molar-refractivity contribution in [1.82, 2.24) is 15.1 Å². The predicted molar refractivity (Wildman–Crippen MR) is 101 cm³/mol. The summed E-state index contributed by atoms with van der Waals surface area (Å²) in [6, 6.07) is 11.3. The van der Waals surface area contributed by atoms with Crippen LogP contribution in [-0.4, -0.2) is 34.2 Å². The van der Waals surface area contributed by atoms with Gasteiger partial charge in [-0.3, -0.25) is 4.68 Å². The Labute approximate surface area is 160 Å². The highest BCUT2D eigenvalue weighted by atomic mass is 32.1. The van der Waals surface area contributed by atoms with Crippen molar-refractivity contribution >= 4 is 17.3 Å². The molecule has 0 fully saturated rings.